The fourth-order valence-corrected chi connectivity index (χ4v) is 2.64. The fraction of sp³-hybridized carbons (Fsp3) is 0.0435. The van der Waals surface area contributed by atoms with Crippen LogP contribution < -0.4 is 10.1 Å². The lowest BCUT2D eigenvalue weighted by molar-refractivity contribution is -0.118. The first-order chi connectivity index (χ1) is 13.6. The van der Waals surface area contributed by atoms with E-state index in [1.165, 1.54) is 6.08 Å². The summed E-state index contributed by atoms with van der Waals surface area (Å²) in [5.74, 6) is 0.111. The Balaban J connectivity index is 1.52. The summed E-state index contributed by atoms with van der Waals surface area (Å²) in [6.07, 6.45) is 3.27. The molecule has 5 heteroatoms. The Kier molecular flexibility index (Phi) is 6.60. The highest BCUT2D eigenvalue weighted by molar-refractivity contribution is 6.32. The van der Waals surface area contributed by atoms with Gasteiger partial charge in [0.15, 0.2) is 12.4 Å². The van der Waals surface area contributed by atoms with Gasteiger partial charge in [0, 0.05) is 11.3 Å². The number of carbonyl (C=O) groups excluding carboxylic acids is 2. The smallest absolute Gasteiger partial charge is 0.262 e. The van der Waals surface area contributed by atoms with Gasteiger partial charge in [0.25, 0.3) is 5.91 Å². The Morgan fingerprint density at radius 1 is 0.893 bits per heavy atom. The molecule has 0 aliphatic heterocycles. The van der Waals surface area contributed by atoms with Crippen molar-refractivity contribution in [3.63, 3.8) is 0 Å². The van der Waals surface area contributed by atoms with Gasteiger partial charge in [-0.3, -0.25) is 9.59 Å². The maximum atomic E-state index is 12.1. The molecule has 0 aliphatic carbocycles. The number of carbonyl (C=O) groups is 2. The van der Waals surface area contributed by atoms with Crippen LogP contribution in [0.5, 0.6) is 5.75 Å². The van der Waals surface area contributed by atoms with E-state index in [0.29, 0.717) is 22.0 Å². The zero-order chi connectivity index (χ0) is 19.8. The summed E-state index contributed by atoms with van der Waals surface area (Å²) in [5, 5.41) is 3.21. The molecule has 0 spiro atoms. The molecule has 3 rings (SSSR count). The quantitative estimate of drug-likeness (QED) is 0.442. The summed E-state index contributed by atoms with van der Waals surface area (Å²) in [7, 11) is 0. The number of anilines is 1. The molecule has 0 saturated carbocycles. The lowest BCUT2D eigenvalue weighted by atomic mass is 10.1. The topological polar surface area (TPSA) is 55.4 Å². The number of ether oxygens (including phenoxy) is 1. The maximum absolute atomic E-state index is 12.1. The molecule has 3 aromatic carbocycles. The number of nitrogens with one attached hydrogen (secondary N) is 1. The molecule has 0 aromatic heterocycles. The minimum atomic E-state index is -0.289. The normalized spacial score (nSPS) is 10.6. The van der Waals surface area contributed by atoms with Gasteiger partial charge < -0.3 is 10.1 Å². The van der Waals surface area contributed by atoms with Crippen LogP contribution in [0.25, 0.3) is 6.08 Å². The third-order valence-electron chi connectivity index (χ3n) is 3.88. The molecule has 0 radical (unpaired) electrons. The van der Waals surface area contributed by atoms with Crippen molar-refractivity contribution in [2.75, 3.05) is 11.9 Å². The van der Waals surface area contributed by atoms with Crippen LogP contribution in [0.1, 0.15) is 15.9 Å². The first-order valence-electron chi connectivity index (χ1n) is 8.66. The first-order valence-corrected chi connectivity index (χ1v) is 9.04. The van der Waals surface area contributed by atoms with E-state index in [9.17, 15) is 9.59 Å². The van der Waals surface area contributed by atoms with Gasteiger partial charge in [-0.25, -0.2) is 0 Å². The SMILES string of the molecule is O=C(COc1ccccc1Cl)Nc1ccc(/C=C/C(=O)c2ccccc2)cc1. The molecule has 0 fully saturated rings. The largest absolute Gasteiger partial charge is 0.482 e. The minimum Gasteiger partial charge on any atom is -0.482 e. The van der Waals surface area contributed by atoms with Gasteiger partial charge in [-0.05, 0) is 35.9 Å². The lowest BCUT2D eigenvalue weighted by Crippen LogP contribution is -2.20. The molecule has 28 heavy (non-hydrogen) atoms. The third-order valence-corrected chi connectivity index (χ3v) is 4.19. The van der Waals surface area contributed by atoms with Crippen LogP contribution in [-0.2, 0) is 4.79 Å². The number of hydrogen-bond acceptors (Lipinski definition) is 3. The first kappa shape index (κ1) is 19.4. The van der Waals surface area contributed by atoms with Crippen molar-refractivity contribution in [1.29, 1.82) is 0 Å². The number of amides is 1. The highest BCUT2D eigenvalue weighted by Gasteiger charge is 2.06. The molecule has 4 nitrogen and oxygen atoms in total. The second-order valence-corrected chi connectivity index (χ2v) is 6.36. The van der Waals surface area contributed by atoms with Gasteiger partial charge in [-0.15, -0.1) is 0 Å². The van der Waals surface area contributed by atoms with Crippen molar-refractivity contribution in [1.82, 2.24) is 0 Å². The summed E-state index contributed by atoms with van der Waals surface area (Å²) in [5.41, 5.74) is 2.13. The average Bonchev–Trinajstić information content (AvgIpc) is 2.73. The molecule has 0 atom stereocenters. The number of hydrogen-bond donors (Lipinski definition) is 1. The predicted molar refractivity (Wildman–Crippen MR) is 112 cm³/mol. The molecule has 0 saturated heterocycles. The van der Waals surface area contributed by atoms with Crippen LogP contribution in [0, 0.1) is 0 Å². The van der Waals surface area contributed by atoms with E-state index in [1.807, 2.05) is 30.3 Å². The monoisotopic (exact) mass is 391 g/mol. The average molecular weight is 392 g/mol. The third kappa shape index (κ3) is 5.56. The molecule has 0 heterocycles. The minimum absolute atomic E-state index is 0.0605. The Morgan fingerprint density at radius 3 is 2.29 bits per heavy atom. The summed E-state index contributed by atoms with van der Waals surface area (Å²) in [6.45, 7) is -0.142. The molecule has 0 bridgehead atoms. The predicted octanol–water partition coefficient (Wildman–Crippen LogP) is 5.25. The van der Waals surface area contributed by atoms with Gasteiger partial charge in [0.1, 0.15) is 5.75 Å². The van der Waals surface area contributed by atoms with E-state index in [0.717, 1.165) is 5.56 Å². The van der Waals surface area contributed by atoms with Gasteiger partial charge >= 0.3 is 0 Å². The van der Waals surface area contributed by atoms with Crippen LogP contribution in [-0.4, -0.2) is 18.3 Å². The molecular formula is C23H18ClNO3. The van der Waals surface area contributed by atoms with Crippen molar-refractivity contribution in [2.45, 2.75) is 0 Å². The van der Waals surface area contributed by atoms with E-state index >= 15 is 0 Å². The van der Waals surface area contributed by atoms with Crippen molar-refractivity contribution in [2.24, 2.45) is 0 Å². The Hall–Kier alpha value is -3.37. The Labute approximate surface area is 168 Å². The molecule has 3 aromatic rings. The number of ketones is 1. The van der Waals surface area contributed by atoms with Crippen LogP contribution in [0.15, 0.2) is 84.9 Å². The molecule has 0 unspecified atom stereocenters. The van der Waals surface area contributed by atoms with Gasteiger partial charge in [0.05, 0.1) is 5.02 Å². The Bertz CT molecular complexity index is 982. The van der Waals surface area contributed by atoms with Crippen molar-refractivity contribution in [3.05, 3.63) is 101 Å². The highest BCUT2D eigenvalue weighted by atomic mass is 35.5. The van der Waals surface area contributed by atoms with Crippen molar-refractivity contribution < 1.29 is 14.3 Å². The number of para-hydroxylation sites is 1. The standard InChI is InChI=1S/C23H18ClNO3/c24-20-8-4-5-9-22(20)28-16-23(27)25-19-13-10-17(11-14-19)12-15-21(26)18-6-2-1-3-7-18/h1-15H,16H2,(H,25,27)/b15-12+. The number of rotatable bonds is 7. The maximum Gasteiger partial charge on any atom is 0.262 e. The number of allylic oxidation sites excluding steroid dienone is 1. The van der Waals surface area contributed by atoms with Gasteiger partial charge in [0.2, 0.25) is 0 Å². The van der Waals surface area contributed by atoms with E-state index in [1.54, 1.807) is 54.6 Å². The lowest BCUT2D eigenvalue weighted by Gasteiger charge is -2.08. The molecular weight excluding hydrogens is 374 g/mol. The van der Waals surface area contributed by atoms with Crippen LogP contribution in [0.2, 0.25) is 5.02 Å². The molecule has 1 N–H and O–H groups in total. The molecule has 0 aliphatic rings. The second-order valence-electron chi connectivity index (χ2n) is 5.95. The van der Waals surface area contributed by atoms with Gasteiger partial charge in [-0.1, -0.05) is 72.3 Å². The fourth-order valence-electron chi connectivity index (χ4n) is 2.45. The van der Waals surface area contributed by atoms with E-state index in [2.05, 4.69) is 5.32 Å². The highest BCUT2D eigenvalue weighted by Crippen LogP contribution is 2.23. The Morgan fingerprint density at radius 2 is 1.57 bits per heavy atom. The summed E-state index contributed by atoms with van der Waals surface area (Å²) < 4.78 is 5.41. The second kappa shape index (κ2) is 9.53. The zero-order valence-corrected chi connectivity index (χ0v) is 15.7. The van der Waals surface area contributed by atoms with Crippen LogP contribution in [0.4, 0.5) is 5.69 Å². The van der Waals surface area contributed by atoms with Crippen LogP contribution in [0.3, 0.4) is 0 Å². The zero-order valence-electron chi connectivity index (χ0n) is 15.0. The van der Waals surface area contributed by atoms with E-state index in [-0.39, 0.29) is 18.3 Å². The number of benzene rings is 3. The van der Waals surface area contributed by atoms with Gasteiger partial charge in [-0.2, -0.15) is 0 Å². The summed E-state index contributed by atoms with van der Waals surface area (Å²) >= 11 is 5.99. The summed E-state index contributed by atoms with van der Waals surface area (Å²) in [6, 6.07) is 23.2. The molecule has 1 amide bonds. The van der Waals surface area contributed by atoms with E-state index < -0.39 is 0 Å². The summed E-state index contributed by atoms with van der Waals surface area (Å²) in [4.78, 5) is 24.1. The van der Waals surface area contributed by atoms with Crippen LogP contribution >= 0.6 is 11.6 Å². The van der Waals surface area contributed by atoms with E-state index in [4.69, 9.17) is 16.3 Å². The number of halogens is 1. The van der Waals surface area contributed by atoms with Crippen molar-refractivity contribution in [3.8, 4) is 5.75 Å². The molecule has 140 valence electrons. The van der Waals surface area contributed by atoms with Crippen molar-refractivity contribution >= 4 is 35.1 Å².